The molecule has 0 unspecified atom stereocenters. The summed E-state index contributed by atoms with van der Waals surface area (Å²) in [6.07, 6.45) is 2.36. The fraction of sp³-hybridized carbons (Fsp3) is 0.250. The molecular weight excluding hydrogens is 477 g/mol. The number of H-pyrrole nitrogens is 1. The van der Waals surface area contributed by atoms with E-state index in [4.69, 9.17) is 0 Å². The van der Waals surface area contributed by atoms with E-state index in [1.165, 1.54) is 31.2 Å². The molecule has 9 heteroatoms. The second kappa shape index (κ2) is 12.0. The molecule has 0 aliphatic carbocycles. The SMILES string of the molecule is Cc1c(O)[nH]c(O)c1C(=O)[C@@H](NC(=O)C[C@H](NC(=O)C=Cc1ccccc1F)c1ccccc1)C(C)C. The third-order valence-electron chi connectivity index (χ3n) is 5.94. The maximum absolute atomic E-state index is 13.9. The first-order valence-corrected chi connectivity index (χ1v) is 11.8. The summed E-state index contributed by atoms with van der Waals surface area (Å²) < 4.78 is 13.9. The number of ketones is 1. The predicted octanol–water partition coefficient (Wildman–Crippen LogP) is 4.16. The van der Waals surface area contributed by atoms with Gasteiger partial charge in [-0.2, -0.15) is 0 Å². The van der Waals surface area contributed by atoms with Crippen molar-refractivity contribution in [2.75, 3.05) is 0 Å². The molecule has 0 radical (unpaired) electrons. The average Bonchev–Trinajstić information content (AvgIpc) is 3.12. The highest BCUT2D eigenvalue weighted by atomic mass is 19.1. The number of aromatic amines is 1. The van der Waals surface area contributed by atoms with Gasteiger partial charge in [-0.1, -0.05) is 62.4 Å². The van der Waals surface area contributed by atoms with Crippen molar-refractivity contribution < 1.29 is 29.0 Å². The lowest BCUT2D eigenvalue weighted by molar-refractivity contribution is -0.123. The molecule has 0 aliphatic rings. The van der Waals surface area contributed by atoms with Crippen molar-refractivity contribution in [2.24, 2.45) is 5.92 Å². The lowest BCUT2D eigenvalue weighted by atomic mass is 9.93. The van der Waals surface area contributed by atoms with Gasteiger partial charge in [0.2, 0.25) is 17.7 Å². The Labute approximate surface area is 214 Å². The molecule has 2 atom stereocenters. The number of halogens is 1. The van der Waals surface area contributed by atoms with Crippen molar-refractivity contribution in [2.45, 2.75) is 39.3 Å². The molecule has 0 bridgehead atoms. The van der Waals surface area contributed by atoms with Gasteiger partial charge in [0.25, 0.3) is 0 Å². The highest BCUT2D eigenvalue weighted by Gasteiger charge is 2.31. The number of nitrogens with one attached hydrogen (secondary N) is 3. The number of amides is 2. The third kappa shape index (κ3) is 6.84. The van der Waals surface area contributed by atoms with E-state index in [2.05, 4.69) is 15.6 Å². The van der Waals surface area contributed by atoms with Crippen LogP contribution >= 0.6 is 0 Å². The van der Waals surface area contributed by atoms with Crippen molar-refractivity contribution in [3.05, 3.63) is 88.7 Å². The minimum absolute atomic E-state index is 0.0947. The molecule has 37 heavy (non-hydrogen) atoms. The molecule has 3 rings (SSSR count). The van der Waals surface area contributed by atoms with Crippen LogP contribution in [0.15, 0.2) is 60.7 Å². The lowest BCUT2D eigenvalue weighted by Gasteiger charge is -2.24. The number of carbonyl (C=O) groups excluding carboxylic acids is 3. The molecule has 3 aromatic rings. The fourth-order valence-corrected chi connectivity index (χ4v) is 3.91. The van der Waals surface area contributed by atoms with E-state index in [0.717, 1.165) is 0 Å². The van der Waals surface area contributed by atoms with Gasteiger partial charge >= 0.3 is 0 Å². The minimum atomic E-state index is -0.986. The normalized spacial score (nSPS) is 12.9. The second-order valence-electron chi connectivity index (χ2n) is 9.01. The molecule has 2 amide bonds. The van der Waals surface area contributed by atoms with Crippen LogP contribution in [-0.2, 0) is 9.59 Å². The third-order valence-corrected chi connectivity index (χ3v) is 5.94. The zero-order valence-electron chi connectivity index (χ0n) is 20.8. The van der Waals surface area contributed by atoms with Gasteiger partial charge in [0.05, 0.1) is 24.1 Å². The quantitative estimate of drug-likeness (QED) is 0.208. The van der Waals surface area contributed by atoms with Gasteiger partial charge in [-0.3, -0.25) is 19.4 Å². The van der Waals surface area contributed by atoms with Gasteiger partial charge < -0.3 is 20.8 Å². The standard InChI is InChI=1S/C28H30FN3O5/c1-16(2)25(26(35)24-17(3)27(36)32-28(24)37)31-23(34)15-21(19-10-5-4-6-11-19)30-22(33)14-13-18-9-7-8-12-20(18)29/h4-14,16,21,25,32,36-37H,15H2,1-3H3,(H,30,33)(H,31,34)/t21-,25-/m0/s1. The van der Waals surface area contributed by atoms with Crippen LogP contribution in [0.4, 0.5) is 4.39 Å². The average molecular weight is 508 g/mol. The van der Waals surface area contributed by atoms with E-state index in [-0.39, 0.29) is 34.9 Å². The van der Waals surface area contributed by atoms with Gasteiger partial charge in [0.1, 0.15) is 5.82 Å². The van der Waals surface area contributed by atoms with Gasteiger partial charge in [-0.15, -0.1) is 0 Å². The Hall–Kier alpha value is -4.40. The molecule has 194 valence electrons. The monoisotopic (exact) mass is 507 g/mol. The fourth-order valence-electron chi connectivity index (χ4n) is 3.91. The van der Waals surface area contributed by atoms with Crippen LogP contribution in [0.3, 0.4) is 0 Å². The van der Waals surface area contributed by atoms with E-state index in [0.29, 0.717) is 5.56 Å². The van der Waals surface area contributed by atoms with Crippen molar-refractivity contribution in [1.29, 1.82) is 0 Å². The number of Topliss-reactive ketones (excluding diaryl/α,β-unsaturated/α-hetero) is 1. The topological polar surface area (TPSA) is 132 Å². The molecule has 1 aromatic heterocycles. The maximum atomic E-state index is 13.9. The summed E-state index contributed by atoms with van der Waals surface area (Å²) in [5.74, 6) is -3.18. The first kappa shape index (κ1) is 27.2. The number of hydrogen-bond donors (Lipinski definition) is 5. The first-order valence-electron chi connectivity index (χ1n) is 11.8. The van der Waals surface area contributed by atoms with E-state index in [1.54, 1.807) is 56.3 Å². The highest BCUT2D eigenvalue weighted by Crippen LogP contribution is 2.30. The number of carbonyl (C=O) groups is 3. The minimum Gasteiger partial charge on any atom is -0.494 e. The van der Waals surface area contributed by atoms with Crippen LogP contribution in [0.1, 0.15) is 53.4 Å². The highest BCUT2D eigenvalue weighted by molar-refractivity contribution is 6.05. The van der Waals surface area contributed by atoms with Crippen molar-refractivity contribution in [1.82, 2.24) is 15.6 Å². The second-order valence-corrected chi connectivity index (χ2v) is 9.01. The molecule has 5 N–H and O–H groups in total. The predicted molar refractivity (Wildman–Crippen MR) is 137 cm³/mol. The van der Waals surface area contributed by atoms with Crippen LogP contribution in [-0.4, -0.2) is 38.8 Å². The molecule has 0 spiro atoms. The molecule has 0 fully saturated rings. The van der Waals surface area contributed by atoms with Gasteiger partial charge in [0.15, 0.2) is 11.7 Å². The van der Waals surface area contributed by atoms with Crippen LogP contribution in [0.25, 0.3) is 6.08 Å². The summed E-state index contributed by atoms with van der Waals surface area (Å²) >= 11 is 0. The van der Waals surface area contributed by atoms with E-state index < -0.39 is 41.4 Å². The largest absolute Gasteiger partial charge is 0.494 e. The van der Waals surface area contributed by atoms with Crippen LogP contribution in [0.2, 0.25) is 0 Å². The summed E-state index contributed by atoms with van der Waals surface area (Å²) in [4.78, 5) is 41.1. The lowest BCUT2D eigenvalue weighted by Crippen LogP contribution is -2.45. The summed E-state index contributed by atoms with van der Waals surface area (Å²) in [6, 6.07) is 13.2. The molecule has 0 saturated heterocycles. The zero-order valence-corrected chi connectivity index (χ0v) is 20.8. The van der Waals surface area contributed by atoms with Crippen LogP contribution in [0, 0.1) is 18.7 Å². The van der Waals surface area contributed by atoms with Gasteiger partial charge in [-0.25, -0.2) is 4.39 Å². The van der Waals surface area contributed by atoms with E-state index >= 15 is 0 Å². The Bertz CT molecular complexity index is 1300. The molecular formula is C28H30FN3O5. The van der Waals surface area contributed by atoms with Crippen LogP contribution in [0.5, 0.6) is 11.8 Å². The first-order chi connectivity index (χ1) is 17.6. The van der Waals surface area contributed by atoms with Crippen molar-refractivity contribution in [3.8, 4) is 11.8 Å². The van der Waals surface area contributed by atoms with Crippen LogP contribution < -0.4 is 10.6 Å². The Morgan fingerprint density at radius 2 is 1.62 bits per heavy atom. The Balaban J connectivity index is 1.76. The summed E-state index contributed by atoms with van der Waals surface area (Å²) in [6.45, 7) is 4.96. The Morgan fingerprint density at radius 3 is 2.22 bits per heavy atom. The molecule has 1 heterocycles. The molecule has 8 nitrogen and oxygen atoms in total. The Morgan fingerprint density at radius 1 is 0.973 bits per heavy atom. The number of benzene rings is 2. The summed E-state index contributed by atoms with van der Waals surface area (Å²) in [7, 11) is 0. The van der Waals surface area contributed by atoms with Crippen molar-refractivity contribution >= 4 is 23.7 Å². The number of hydrogen-bond acceptors (Lipinski definition) is 5. The maximum Gasteiger partial charge on any atom is 0.244 e. The van der Waals surface area contributed by atoms with Gasteiger partial charge in [-0.05, 0) is 30.5 Å². The summed E-state index contributed by atoms with van der Waals surface area (Å²) in [5, 5.41) is 25.3. The Kier molecular flexibility index (Phi) is 8.84. The zero-order chi connectivity index (χ0) is 27.1. The molecule has 2 aromatic carbocycles. The van der Waals surface area contributed by atoms with E-state index in [1.807, 2.05) is 0 Å². The van der Waals surface area contributed by atoms with Gasteiger partial charge in [0, 0.05) is 17.2 Å². The number of rotatable bonds is 10. The smallest absolute Gasteiger partial charge is 0.244 e. The summed E-state index contributed by atoms with van der Waals surface area (Å²) in [5.41, 5.74) is 1.00. The van der Waals surface area contributed by atoms with Crippen molar-refractivity contribution in [3.63, 3.8) is 0 Å². The number of aromatic nitrogens is 1. The number of aromatic hydroxyl groups is 2. The van der Waals surface area contributed by atoms with E-state index in [9.17, 15) is 29.0 Å². The molecule has 0 aliphatic heterocycles. The molecule has 0 saturated carbocycles.